The lowest BCUT2D eigenvalue weighted by Gasteiger charge is -2.14. The molecule has 4 rings (SSSR count). The van der Waals surface area contributed by atoms with E-state index in [-0.39, 0.29) is 17.2 Å². The Balaban J connectivity index is 1.61. The average Bonchev–Trinajstić information content (AvgIpc) is 2.78. The number of carbonyl (C=O) groups excluding carboxylic acids is 1. The molecule has 3 aromatic carbocycles. The van der Waals surface area contributed by atoms with Crippen LogP contribution < -0.4 is 10.3 Å². The number of halogens is 1. The van der Waals surface area contributed by atoms with Crippen molar-refractivity contribution < 1.29 is 13.9 Å². The fourth-order valence-electron chi connectivity index (χ4n) is 3.19. The molecule has 31 heavy (non-hydrogen) atoms. The van der Waals surface area contributed by atoms with E-state index in [4.69, 9.17) is 4.74 Å². The number of ketones is 1. The first kappa shape index (κ1) is 20.8. The third kappa shape index (κ3) is 4.51. The summed E-state index contributed by atoms with van der Waals surface area (Å²) >= 11 is 1.36. The first-order chi connectivity index (χ1) is 15.0. The van der Waals surface area contributed by atoms with E-state index in [0.29, 0.717) is 45.4 Å². The van der Waals surface area contributed by atoms with Crippen LogP contribution in [0.5, 0.6) is 5.75 Å². The van der Waals surface area contributed by atoms with E-state index >= 15 is 0 Å². The first-order valence-electron chi connectivity index (χ1n) is 9.68. The fraction of sp³-hybridized carbons (Fsp3) is 0.125. The number of nitrogens with zero attached hydrogens (tertiary/aromatic N) is 2. The van der Waals surface area contributed by atoms with Crippen molar-refractivity contribution in [3.63, 3.8) is 0 Å². The SMILES string of the molecule is CC(=O)c1ccccc1OCCSc1nc2ccccc2c(=O)n1-c1ccc(F)cc1. The van der Waals surface area contributed by atoms with Gasteiger partial charge in [-0.1, -0.05) is 36.0 Å². The van der Waals surface area contributed by atoms with Crippen molar-refractivity contribution in [2.45, 2.75) is 12.1 Å². The summed E-state index contributed by atoms with van der Waals surface area (Å²) in [5, 5.41) is 0.974. The summed E-state index contributed by atoms with van der Waals surface area (Å²) < 4.78 is 20.7. The minimum absolute atomic E-state index is 0.0652. The number of ether oxygens (including phenoxy) is 1. The van der Waals surface area contributed by atoms with Gasteiger partial charge in [-0.2, -0.15) is 0 Å². The van der Waals surface area contributed by atoms with Crippen LogP contribution in [0.25, 0.3) is 16.6 Å². The van der Waals surface area contributed by atoms with E-state index in [0.717, 1.165) is 0 Å². The smallest absolute Gasteiger partial charge is 0.266 e. The molecule has 0 unspecified atom stereocenters. The molecule has 156 valence electrons. The van der Waals surface area contributed by atoms with Gasteiger partial charge >= 0.3 is 0 Å². The first-order valence-corrected chi connectivity index (χ1v) is 10.7. The van der Waals surface area contributed by atoms with Gasteiger partial charge in [0.25, 0.3) is 5.56 Å². The van der Waals surface area contributed by atoms with Crippen LogP contribution in [0, 0.1) is 5.82 Å². The Labute approximate surface area is 182 Å². The highest BCUT2D eigenvalue weighted by molar-refractivity contribution is 7.99. The van der Waals surface area contributed by atoms with E-state index in [1.54, 1.807) is 48.5 Å². The molecule has 0 fully saturated rings. The summed E-state index contributed by atoms with van der Waals surface area (Å²) in [5.74, 6) is 0.581. The lowest BCUT2D eigenvalue weighted by molar-refractivity contribution is 0.101. The van der Waals surface area contributed by atoms with Gasteiger partial charge in [0.2, 0.25) is 0 Å². The van der Waals surface area contributed by atoms with Crippen molar-refractivity contribution in [1.29, 1.82) is 0 Å². The zero-order valence-corrected chi connectivity index (χ0v) is 17.6. The zero-order valence-electron chi connectivity index (χ0n) is 16.7. The molecule has 0 bridgehead atoms. The Kier molecular flexibility index (Phi) is 6.13. The fourth-order valence-corrected chi connectivity index (χ4v) is 4.02. The molecule has 7 heteroatoms. The quantitative estimate of drug-likeness (QED) is 0.179. The van der Waals surface area contributed by atoms with Crippen LogP contribution >= 0.6 is 11.8 Å². The molecule has 0 spiro atoms. The standard InChI is InChI=1S/C24H19FN2O3S/c1-16(28)19-6-3-5-9-22(19)30-14-15-31-24-26-21-8-4-2-7-20(21)23(29)27(24)18-12-10-17(25)11-13-18/h2-13H,14-15H2,1H3. The summed E-state index contributed by atoms with van der Waals surface area (Å²) in [6, 6.07) is 19.9. The van der Waals surface area contributed by atoms with Gasteiger partial charge in [0.15, 0.2) is 10.9 Å². The Morgan fingerprint density at radius 1 is 1.03 bits per heavy atom. The largest absolute Gasteiger partial charge is 0.492 e. The minimum Gasteiger partial charge on any atom is -0.492 e. The second-order valence-electron chi connectivity index (χ2n) is 6.78. The van der Waals surface area contributed by atoms with Crippen molar-refractivity contribution in [1.82, 2.24) is 9.55 Å². The average molecular weight is 434 g/mol. The van der Waals surface area contributed by atoms with E-state index in [1.165, 1.54) is 35.4 Å². The summed E-state index contributed by atoms with van der Waals surface area (Å²) in [5.41, 5.74) is 1.44. The maximum Gasteiger partial charge on any atom is 0.266 e. The van der Waals surface area contributed by atoms with E-state index in [2.05, 4.69) is 4.98 Å². The third-order valence-corrected chi connectivity index (χ3v) is 5.57. The van der Waals surface area contributed by atoms with Gasteiger partial charge < -0.3 is 4.74 Å². The number of hydrogen-bond donors (Lipinski definition) is 0. The van der Waals surface area contributed by atoms with Crippen LogP contribution in [0.1, 0.15) is 17.3 Å². The summed E-state index contributed by atoms with van der Waals surface area (Å²) in [4.78, 5) is 29.6. The normalized spacial score (nSPS) is 10.9. The van der Waals surface area contributed by atoms with Crippen molar-refractivity contribution in [3.05, 3.63) is 94.5 Å². The molecule has 0 atom stereocenters. The topological polar surface area (TPSA) is 61.2 Å². The molecular weight excluding hydrogens is 415 g/mol. The summed E-state index contributed by atoms with van der Waals surface area (Å²) in [6.07, 6.45) is 0. The van der Waals surface area contributed by atoms with E-state index in [1.807, 2.05) is 12.1 Å². The van der Waals surface area contributed by atoms with Gasteiger partial charge in [0, 0.05) is 5.75 Å². The van der Waals surface area contributed by atoms with Gasteiger partial charge in [-0.3, -0.25) is 14.2 Å². The molecule has 0 N–H and O–H groups in total. The highest BCUT2D eigenvalue weighted by Gasteiger charge is 2.14. The Hall–Kier alpha value is -3.45. The third-order valence-electron chi connectivity index (χ3n) is 4.67. The van der Waals surface area contributed by atoms with Gasteiger partial charge in [-0.05, 0) is 55.5 Å². The Bertz CT molecular complexity index is 1300. The molecule has 5 nitrogen and oxygen atoms in total. The Morgan fingerprint density at radius 2 is 1.74 bits per heavy atom. The number of hydrogen-bond acceptors (Lipinski definition) is 5. The predicted octanol–water partition coefficient (Wildman–Crippen LogP) is 4.90. The van der Waals surface area contributed by atoms with Crippen LogP contribution in [0.2, 0.25) is 0 Å². The number of fused-ring (bicyclic) bond motifs is 1. The van der Waals surface area contributed by atoms with Gasteiger partial charge in [-0.15, -0.1) is 0 Å². The summed E-state index contributed by atoms with van der Waals surface area (Å²) in [6.45, 7) is 1.82. The van der Waals surface area contributed by atoms with Crippen LogP contribution in [-0.2, 0) is 0 Å². The van der Waals surface area contributed by atoms with Crippen LogP contribution in [0.15, 0.2) is 82.7 Å². The van der Waals surface area contributed by atoms with Crippen molar-refractivity contribution >= 4 is 28.4 Å². The number of Topliss-reactive ketones (excluding diaryl/α,β-unsaturated/α-hetero) is 1. The van der Waals surface area contributed by atoms with Crippen molar-refractivity contribution in [2.75, 3.05) is 12.4 Å². The predicted molar refractivity (Wildman–Crippen MR) is 120 cm³/mol. The molecule has 0 aliphatic heterocycles. The zero-order chi connectivity index (χ0) is 21.8. The lowest BCUT2D eigenvalue weighted by Crippen LogP contribution is -2.22. The molecule has 0 radical (unpaired) electrons. The number of rotatable bonds is 7. The maximum absolute atomic E-state index is 13.4. The molecular formula is C24H19FN2O3S. The van der Waals surface area contributed by atoms with Gasteiger partial charge in [0.1, 0.15) is 11.6 Å². The van der Waals surface area contributed by atoms with E-state index in [9.17, 15) is 14.0 Å². The molecule has 0 saturated carbocycles. The molecule has 1 aromatic heterocycles. The molecule has 4 aromatic rings. The number of carbonyl (C=O) groups is 1. The lowest BCUT2D eigenvalue weighted by atomic mass is 10.1. The highest BCUT2D eigenvalue weighted by Crippen LogP contribution is 2.23. The number of aromatic nitrogens is 2. The molecule has 0 saturated heterocycles. The van der Waals surface area contributed by atoms with Crippen molar-refractivity contribution in [3.8, 4) is 11.4 Å². The van der Waals surface area contributed by atoms with Crippen LogP contribution in [-0.4, -0.2) is 27.7 Å². The molecule has 0 aliphatic rings. The van der Waals surface area contributed by atoms with Gasteiger partial charge in [-0.25, -0.2) is 9.37 Å². The molecule has 0 aliphatic carbocycles. The van der Waals surface area contributed by atoms with Crippen molar-refractivity contribution in [2.24, 2.45) is 0 Å². The van der Waals surface area contributed by atoms with Gasteiger partial charge in [0.05, 0.1) is 28.8 Å². The molecule has 0 amide bonds. The van der Waals surface area contributed by atoms with Crippen LogP contribution in [0.3, 0.4) is 0 Å². The monoisotopic (exact) mass is 434 g/mol. The molecule has 1 heterocycles. The second-order valence-corrected chi connectivity index (χ2v) is 7.84. The Morgan fingerprint density at radius 3 is 2.52 bits per heavy atom. The van der Waals surface area contributed by atoms with E-state index < -0.39 is 0 Å². The number of para-hydroxylation sites is 2. The minimum atomic E-state index is -0.378. The van der Waals surface area contributed by atoms with Crippen LogP contribution in [0.4, 0.5) is 4.39 Å². The maximum atomic E-state index is 13.4. The number of benzene rings is 3. The summed E-state index contributed by atoms with van der Waals surface area (Å²) in [7, 11) is 0. The second kappa shape index (κ2) is 9.14. The number of thioether (sulfide) groups is 1. The highest BCUT2D eigenvalue weighted by atomic mass is 32.2.